The molecular weight excluding hydrogens is 394 g/mol. The van der Waals surface area contributed by atoms with Crippen LogP contribution in [0.1, 0.15) is 78.1 Å². The third kappa shape index (κ3) is 5.89. The third-order valence-electron chi connectivity index (χ3n) is 5.43. The van der Waals surface area contributed by atoms with Crippen LogP contribution in [0.2, 0.25) is 0 Å². The molecule has 0 spiro atoms. The van der Waals surface area contributed by atoms with E-state index in [-0.39, 0.29) is 23.0 Å². The van der Waals surface area contributed by atoms with E-state index in [1.807, 2.05) is 24.3 Å². The first-order valence-corrected chi connectivity index (χ1v) is 11.0. The van der Waals surface area contributed by atoms with Crippen LogP contribution in [0.4, 0.5) is 5.69 Å². The first-order chi connectivity index (χ1) is 14.4. The Bertz CT molecular complexity index is 903. The second kappa shape index (κ2) is 10.3. The van der Waals surface area contributed by atoms with Crippen molar-refractivity contribution in [3.05, 3.63) is 65.2 Å². The number of hydrogen-bond acceptors (Lipinski definition) is 3. The van der Waals surface area contributed by atoms with Crippen molar-refractivity contribution in [2.24, 2.45) is 0 Å². The standard InChI is InChI=1S/C24H29N3O2S/c1-16(2)17-12-14-18(15-13-17)22(28)27-24(30)26-21-11-7-6-10-20(21)23(29)25-19-8-4-3-5-9-19/h6-7,10-16,19H,3-5,8-9H2,1-2H3,(H,25,29)(H2,26,27,28,30). The lowest BCUT2D eigenvalue weighted by atomic mass is 9.95. The summed E-state index contributed by atoms with van der Waals surface area (Å²) in [6, 6.07) is 14.9. The maximum absolute atomic E-state index is 12.8. The van der Waals surface area contributed by atoms with E-state index in [1.54, 1.807) is 24.3 Å². The number of carbonyl (C=O) groups is 2. The van der Waals surface area contributed by atoms with Gasteiger partial charge in [0.05, 0.1) is 11.3 Å². The van der Waals surface area contributed by atoms with E-state index in [2.05, 4.69) is 29.8 Å². The Balaban J connectivity index is 1.62. The summed E-state index contributed by atoms with van der Waals surface area (Å²) in [6.07, 6.45) is 5.58. The molecule has 3 N–H and O–H groups in total. The van der Waals surface area contributed by atoms with Gasteiger partial charge in [-0.05, 0) is 60.8 Å². The lowest BCUT2D eigenvalue weighted by molar-refractivity contribution is 0.0927. The van der Waals surface area contributed by atoms with Crippen molar-refractivity contribution in [2.75, 3.05) is 5.32 Å². The second-order valence-electron chi connectivity index (χ2n) is 8.04. The van der Waals surface area contributed by atoms with Crippen LogP contribution in [0.5, 0.6) is 0 Å². The van der Waals surface area contributed by atoms with Crippen molar-refractivity contribution in [3.8, 4) is 0 Å². The SMILES string of the molecule is CC(C)c1ccc(C(=O)NC(=S)Nc2ccccc2C(=O)NC2CCCCC2)cc1. The Morgan fingerprint density at radius 3 is 2.27 bits per heavy atom. The van der Waals surface area contributed by atoms with Crippen LogP contribution in [0.25, 0.3) is 0 Å². The normalized spacial score (nSPS) is 14.2. The molecule has 1 aliphatic carbocycles. The summed E-state index contributed by atoms with van der Waals surface area (Å²) in [5.74, 6) is -0.00328. The molecule has 3 rings (SSSR count). The highest BCUT2D eigenvalue weighted by Gasteiger charge is 2.19. The molecule has 0 heterocycles. The van der Waals surface area contributed by atoms with Gasteiger partial charge in [-0.3, -0.25) is 14.9 Å². The Morgan fingerprint density at radius 1 is 0.933 bits per heavy atom. The van der Waals surface area contributed by atoms with Crippen molar-refractivity contribution in [3.63, 3.8) is 0 Å². The molecule has 0 atom stereocenters. The summed E-state index contributed by atoms with van der Waals surface area (Å²) in [7, 11) is 0. The Morgan fingerprint density at radius 2 is 1.60 bits per heavy atom. The molecule has 2 aromatic rings. The minimum Gasteiger partial charge on any atom is -0.349 e. The number of benzene rings is 2. The molecular formula is C24H29N3O2S. The monoisotopic (exact) mass is 423 g/mol. The molecule has 2 amide bonds. The highest BCUT2D eigenvalue weighted by molar-refractivity contribution is 7.80. The fraction of sp³-hybridized carbons (Fsp3) is 0.375. The molecule has 0 aliphatic heterocycles. The van der Waals surface area contributed by atoms with Crippen molar-refractivity contribution >= 4 is 34.8 Å². The molecule has 6 heteroatoms. The third-order valence-corrected chi connectivity index (χ3v) is 5.63. The van der Waals surface area contributed by atoms with Gasteiger partial charge in [-0.2, -0.15) is 0 Å². The van der Waals surface area contributed by atoms with Gasteiger partial charge in [0.1, 0.15) is 0 Å². The molecule has 5 nitrogen and oxygen atoms in total. The Kier molecular flexibility index (Phi) is 7.57. The molecule has 30 heavy (non-hydrogen) atoms. The molecule has 0 unspecified atom stereocenters. The van der Waals surface area contributed by atoms with E-state index in [4.69, 9.17) is 12.2 Å². The summed E-state index contributed by atoms with van der Waals surface area (Å²) in [4.78, 5) is 25.3. The van der Waals surface area contributed by atoms with Crippen molar-refractivity contribution < 1.29 is 9.59 Å². The summed E-state index contributed by atoms with van der Waals surface area (Å²) >= 11 is 5.31. The summed E-state index contributed by atoms with van der Waals surface area (Å²) in [6.45, 7) is 4.21. The fourth-order valence-corrected chi connectivity index (χ4v) is 3.85. The molecule has 0 bridgehead atoms. The topological polar surface area (TPSA) is 70.2 Å². The zero-order chi connectivity index (χ0) is 21.5. The average molecular weight is 424 g/mol. The smallest absolute Gasteiger partial charge is 0.257 e. The summed E-state index contributed by atoms with van der Waals surface area (Å²) in [5, 5.41) is 8.97. The van der Waals surface area contributed by atoms with E-state index in [1.165, 1.54) is 12.0 Å². The van der Waals surface area contributed by atoms with Crippen LogP contribution in [-0.4, -0.2) is 23.0 Å². The first-order valence-electron chi connectivity index (χ1n) is 10.6. The largest absolute Gasteiger partial charge is 0.349 e. The molecule has 1 aliphatic rings. The number of thiocarbonyl (C=S) groups is 1. The van der Waals surface area contributed by atoms with Crippen LogP contribution < -0.4 is 16.0 Å². The molecule has 1 fully saturated rings. The van der Waals surface area contributed by atoms with Gasteiger partial charge in [-0.1, -0.05) is 57.4 Å². The summed E-state index contributed by atoms with van der Waals surface area (Å²) in [5.41, 5.74) is 2.80. The lowest BCUT2D eigenvalue weighted by Crippen LogP contribution is -2.37. The van der Waals surface area contributed by atoms with Gasteiger partial charge >= 0.3 is 0 Å². The fourth-order valence-electron chi connectivity index (χ4n) is 3.65. The lowest BCUT2D eigenvalue weighted by Gasteiger charge is -2.23. The van der Waals surface area contributed by atoms with Gasteiger partial charge in [0, 0.05) is 11.6 Å². The number of hydrogen-bond donors (Lipinski definition) is 3. The molecule has 0 radical (unpaired) electrons. The number of nitrogens with one attached hydrogen (secondary N) is 3. The summed E-state index contributed by atoms with van der Waals surface area (Å²) < 4.78 is 0. The van der Waals surface area contributed by atoms with Gasteiger partial charge in [0.25, 0.3) is 11.8 Å². The van der Waals surface area contributed by atoms with E-state index < -0.39 is 0 Å². The quantitative estimate of drug-likeness (QED) is 0.592. The van der Waals surface area contributed by atoms with Gasteiger partial charge in [0.15, 0.2) is 5.11 Å². The predicted molar refractivity (Wildman–Crippen MR) is 125 cm³/mol. The zero-order valence-corrected chi connectivity index (χ0v) is 18.4. The number of anilines is 1. The molecule has 2 aromatic carbocycles. The van der Waals surface area contributed by atoms with Crippen LogP contribution >= 0.6 is 12.2 Å². The molecule has 0 aromatic heterocycles. The zero-order valence-electron chi connectivity index (χ0n) is 17.5. The van der Waals surface area contributed by atoms with Crippen LogP contribution in [0.15, 0.2) is 48.5 Å². The van der Waals surface area contributed by atoms with E-state index in [0.29, 0.717) is 22.7 Å². The van der Waals surface area contributed by atoms with Gasteiger partial charge in [-0.15, -0.1) is 0 Å². The van der Waals surface area contributed by atoms with Gasteiger partial charge < -0.3 is 10.6 Å². The van der Waals surface area contributed by atoms with E-state index in [9.17, 15) is 9.59 Å². The Hall–Kier alpha value is -2.73. The van der Waals surface area contributed by atoms with Crippen molar-refractivity contribution in [2.45, 2.75) is 57.9 Å². The van der Waals surface area contributed by atoms with Crippen molar-refractivity contribution in [1.82, 2.24) is 10.6 Å². The maximum atomic E-state index is 12.8. The minimum absolute atomic E-state index is 0.122. The maximum Gasteiger partial charge on any atom is 0.257 e. The van der Waals surface area contributed by atoms with Gasteiger partial charge in [-0.25, -0.2) is 0 Å². The van der Waals surface area contributed by atoms with E-state index in [0.717, 1.165) is 25.7 Å². The number of para-hydroxylation sites is 1. The van der Waals surface area contributed by atoms with Gasteiger partial charge in [0.2, 0.25) is 0 Å². The van der Waals surface area contributed by atoms with Crippen LogP contribution in [0.3, 0.4) is 0 Å². The first kappa shape index (κ1) is 22.0. The molecule has 158 valence electrons. The minimum atomic E-state index is -0.285. The Labute approximate surface area is 183 Å². The number of carbonyl (C=O) groups excluding carboxylic acids is 2. The highest BCUT2D eigenvalue weighted by atomic mass is 32.1. The van der Waals surface area contributed by atoms with Crippen LogP contribution in [-0.2, 0) is 0 Å². The van der Waals surface area contributed by atoms with Crippen molar-refractivity contribution in [1.29, 1.82) is 0 Å². The second-order valence-corrected chi connectivity index (χ2v) is 8.45. The molecule has 1 saturated carbocycles. The predicted octanol–water partition coefficient (Wildman–Crippen LogP) is 5.00. The average Bonchev–Trinajstić information content (AvgIpc) is 2.74. The highest BCUT2D eigenvalue weighted by Crippen LogP contribution is 2.20. The number of rotatable bonds is 5. The van der Waals surface area contributed by atoms with Crippen LogP contribution in [0, 0.1) is 0 Å². The number of amides is 2. The van der Waals surface area contributed by atoms with E-state index >= 15 is 0 Å². The molecule has 0 saturated heterocycles.